The van der Waals surface area contributed by atoms with Crippen LogP contribution in [-0.4, -0.2) is 33.5 Å². The lowest BCUT2D eigenvalue weighted by Crippen LogP contribution is -2.28. The van der Waals surface area contributed by atoms with Gasteiger partial charge in [-0.05, 0) is 37.3 Å². The molecule has 0 bridgehead atoms. The third kappa shape index (κ3) is 5.84. The van der Waals surface area contributed by atoms with E-state index in [0.717, 1.165) is 21.6 Å². The number of ether oxygens (including phenoxy) is 1. The average molecular weight is 587 g/mol. The molecule has 1 atom stereocenters. The Morgan fingerprint density at radius 2 is 1.70 bits per heavy atom. The van der Waals surface area contributed by atoms with Crippen molar-refractivity contribution in [3.8, 4) is 5.75 Å². The lowest BCUT2D eigenvalue weighted by Gasteiger charge is -2.23. The summed E-state index contributed by atoms with van der Waals surface area (Å²) in [4.78, 5) is 30.9. The number of amides is 2. The van der Waals surface area contributed by atoms with Crippen LogP contribution in [0.1, 0.15) is 31.7 Å². The largest absolute Gasteiger partial charge is 0.483 e. The summed E-state index contributed by atoms with van der Waals surface area (Å²) in [7, 11) is 0. The molecule has 2 heterocycles. The van der Waals surface area contributed by atoms with Crippen molar-refractivity contribution in [3.63, 3.8) is 0 Å². The lowest BCUT2D eigenvalue weighted by molar-refractivity contribution is -0.118. The van der Waals surface area contributed by atoms with Crippen LogP contribution in [0.3, 0.4) is 0 Å². The number of anilines is 1. The number of hydrazone groups is 1. The van der Waals surface area contributed by atoms with E-state index < -0.39 is 52.6 Å². The number of thioether (sulfide) groups is 1. The average Bonchev–Trinajstić information content (AvgIpc) is 3.54. The summed E-state index contributed by atoms with van der Waals surface area (Å²) >= 11 is 2.34. The van der Waals surface area contributed by atoms with Gasteiger partial charge in [0.1, 0.15) is 45.0 Å². The number of aromatic nitrogens is 1. The van der Waals surface area contributed by atoms with Crippen molar-refractivity contribution in [1.82, 2.24) is 9.99 Å². The molecule has 1 aromatic heterocycles. The summed E-state index contributed by atoms with van der Waals surface area (Å²) in [5.74, 6) is -5.90. The first-order chi connectivity index (χ1) is 19.2. The van der Waals surface area contributed by atoms with Crippen molar-refractivity contribution < 1.29 is 31.9 Å². The summed E-state index contributed by atoms with van der Waals surface area (Å²) in [5.41, 5.74) is -0.182. The maximum absolute atomic E-state index is 14.6. The molecular formula is C27H18F4N4O3S2. The number of rotatable bonds is 7. The highest BCUT2D eigenvalue weighted by Crippen LogP contribution is 2.45. The molecule has 0 spiro atoms. The number of hydrogen-bond acceptors (Lipinski definition) is 7. The van der Waals surface area contributed by atoms with Crippen molar-refractivity contribution >= 4 is 45.1 Å². The fourth-order valence-electron chi connectivity index (χ4n) is 3.78. The Morgan fingerprint density at radius 3 is 2.38 bits per heavy atom. The highest BCUT2D eigenvalue weighted by molar-refractivity contribution is 8.14. The summed E-state index contributed by atoms with van der Waals surface area (Å²) < 4.78 is 62.0. The number of halogens is 4. The Balaban J connectivity index is 1.46. The maximum atomic E-state index is 14.6. The molecule has 0 saturated carbocycles. The summed E-state index contributed by atoms with van der Waals surface area (Å²) in [6.07, 6.45) is 1.62. The second-order valence-corrected chi connectivity index (χ2v) is 10.7. The van der Waals surface area contributed by atoms with Gasteiger partial charge in [0, 0.05) is 34.3 Å². The van der Waals surface area contributed by atoms with Gasteiger partial charge in [0.2, 0.25) is 0 Å². The summed E-state index contributed by atoms with van der Waals surface area (Å²) in [6, 6.07) is 12.6. The number of carbonyl (C=O) groups excluding carboxylic acids is 2. The van der Waals surface area contributed by atoms with Crippen LogP contribution < -0.4 is 10.1 Å². The van der Waals surface area contributed by atoms with Crippen LogP contribution in [0.15, 0.2) is 72.0 Å². The van der Waals surface area contributed by atoms with Crippen molar-refractivity contribution in [2.75, 3.05) is 11.9 Å². The molecule has 204 valence electrons. The van der Waals surface area contributed by atoms with Crippen molar-refractivity contribution in [2.24, 2.45) is 5.10 Å². The van der Waals surface area contributed by atoms with Crippen LogP contribution in [-0.2, 0) is 4.79 Å². The summed E-state index contributed by atoms with van der Waals surface area (Å²) in [5, 5.41) is 7.43. The zero-order valence-corrected chi connectivity index (χ0v) is 22.2. The van der Waals surface area contributed by atoms with Crippen molar-refractivity contribution in [2.45, 2.75) is 12.3 Å². The van der Waals surface area contributed by atoms with Crippen molar-refractivity contribution in [3.05, 3.63) is 112 Å². The van der Waals surface area contributed by atoms with Crippen LogP contribution in [0.2, 0.25) is 0 Å². The SMILES string of the molecule is Cc1cnc(NC(=O)COc2ccccc2C2SC(c3ccc(F)cc3)=NN2C(=O)c2c(F)cc(F)cc2F)s1. The molecule has 40 heavy (non-hydrogen) atoms. The van der Waals surface area contributed by atoms with Gasteiger partial charge in [-0.25, -0.2) is 27.6 Å². The predicted octanol–water partition coefficient (Wildman–Crippen LogP) is 6.28. The van der Waals surface area contributed by atoms with Gasteiger partial charge in [-0.15, -0.1) is 11.3 Å². The molecule has 1 unspecified atom stereocenters. The van der Waals surface area contributed by atoms with Crippen LogP contribution in [0, 0.1) is 30.2 Å². The minimum absolute atomic E-state index is 0.207. The maximum Gasteiger partial charge on any atom is 0.281 e. The fourth-order valence-corrected chi connectivity index (χ4v) is 5.65. The summed E-state index contributed by atoms with van der Waals surface area (Å²) in [6.45, 7) is 1.45. The van der Waals surface area contributed by atoms with E-state index in [2.05, 4.69) is 15.4 Å². The van der Waals surface area contributed by atoms with E-state index in [0.29, 0.717) is 28.4 Å². The first kappa shape index (κ1) is 27.3. The zero-order valence-electron chi connectivity index (χ0n) is 20.5. The molecule has 0 fully saturated rings. The lowest BCUT2D eigenvalue weighted by atomic mass is 10.1. The minimum Gasteiger partial charge on any atom is -0.483 e. The molecule has 3 aromatic carbocycles. The number of para-hydroxylation sites is 1. The van der Waals surface area contributed by atoms with Gasteiger partial charge in [0.15, 0.2) is 11.7 Å². The molecule has 0 saturated heterocycles. The van der Waals surface area contributed by atoms with Crippen LogP contribution in [0.4, 0.5) is 22.7 Å². The molecule has 2 amide bonds. The first-order valence-electron chi connectivity index (χ1n) is 11.6. The van der Waals surface area contributed by atoms with Crippen LogP contribution >= 0.6 is 23.1 Å². The second-order valence-electron chi connectivity index (χ2n) is 8.43. The topological polar surface area (TPSA) is 83.9 Å². The van der Waals surface area contributed by atoms with E-state index in [9.17, 15) is 27.2 Å². The Bertz CT molecular complexity index is 1610. The number of hydrogen-bond donors (Lipinski definition) is 1. The standard InChI is InChI=1S/C27H18F4N4O3S2/c1-14-12-32-27(39-14)33-22(36)13-38-21-5-3-2-4-18(21)26-35(25(37)23-19(30)10-17(29)11-20(23)31)34-24(40-26)15-6-8-16(28)9-7-15/h2-12,26H,13H2,1H3,(H,32,33,36). The normalized spacial score (nSPS) is 14.7. The number of aryl methyl sites for hydroxylation is 1. The van der Waals surface area contributed by atoms with Gasteiger partial charge in [0.25, 0.3) is 11.8 Å². The molecular weight excluding hydrogens is 568 g/mol. The Hall–Kier alpha value is -4.23. The second kappa shape index (κ2) is 11.5. The molecule has 4 aromatic rings. The van der Waals surface area contributed by atoms with E-state index in [1.807, 2.05) is 6.92 Å². The Morgan fingerprint density at radius 1 is 1.00 bits per heavy atom. The Kier molecular flexibility index (Phi) is 7.85. The third-order valence-electron chi connectivity index (χ3n) is 5.58. The fraction of sp³-hybridized carbons (Fsp3) is 0.111. The van der Waals surface area contributed by atoms with E-state index in [-0.39, 0.29) is 10.8 Å². The van der Waals surface area contributed by atoms with Crippen LogP contribution in [0.25, 0.3) is 0 Å². The van der Waals surface area contributed by atoms with Gasteiger partial charge in [-0.2, -0.15) is 5.10 Å². The van der Waals surface area contributed by atoms with Gasteiger partial charge in [0.05, 0.1) is 0 Å². The predicted molar refractivity (Wildman–Crippen MR) is 143 cm³/mol. The van der Waals surface area contributed by atoms with Gasteiger partial charge in [-0.1, -0.05) is 30.0 Å². The van der Waals surface area contributed by atoms with E-state index >= 15 is 0 Å². The molecule has 5 rings (SSSR count). The molecule has 1 aliphatic heterocycles. The molecule has 1 aliphatic rings. The number of thiazole rings is 1. The number of benzene rings is 3. The molecule has 7 nitrogen and oxygen atoms in total. The Labute approximate surface area is 233 Å². The minimum atomic E-state index is -1.39. The smallest absolute Gasteiger partial charge is 0.281 e. The first-order valence-corrected chi connectivity index (χ1v) is 13.3. The molecule has 0 aliphatic carbocycles. The van der Waals surface area contributed by atoms with Gasteiger partial charge >= 0.3 is 0 Å². The monoisotopic (exact) mass is 586 g/mol. The number of nitrogens with one attached hydrogen (secondary N) is 1. The van der Waals surface area contributed by atoms with E-state index in [1.165, 1.54) is 35.6 Å². The van der Waals surface area contributed by atoms with Gasteiger partial charge in [-0.3, -0.25) is 14.9 Å². The number of carbonyl (C=O) groups is 2. The number of nitrogens with zero attached hydrogens (tertiary/aromatic N) is 3. The quantitative estimate of drug-likeness (QED) is 0.258. The van der Waals surface area contributed by atoms with Crippen LogP contribution in [0.5, 0.6) is 5.75 Å². The highest BCUT2D eigenvalue weighted by atomic mass is 32.2. The van der Waals surface area contributed by atoms with Gasteiger partial charge < -0.3 is 4.74 Å². The van der Waals surface area contributed by atoms with Crippen molar-refractivity contribution in [1.29, 1.82) is 0 Å². The third-order valence-corrected chi connectivity index (χ3v) is 7.62. The highest BCUT2D eigenvalue weighted by Gasteiger charge is 2.38. The molecule has 0 radical (unpaired) electrons. The van der Waals surface area contributed by atoms with E-state index in [4.69, 9.17) is 4.74 Å². The zero-order chi connectivity index (χ0) is 28.4. The molecule has 1 N–H and O–H groups in total. The van der Waals surface area contributed by atoms with E-state index in [1.54, 1.807) is 30.5 Å². The molecule has 13 heteroatoms.